The summed E-state index contributed by atoms with van der Waals surface area (Å²) in [6.45, 7) is 1.94. The first kappa shape index (κ1) is 17.7. The van der Waals surface area contributed by atoms with E-state index < -0.39 is 10.0 Å². The van der Waals surface area contributed by atoms with Crippen LogP contribution in [0.15, 0.2) is 29.3 Å². The maximum absolute atomic E-state index is 11.5. The predicted molar refractivity (Wildman–Crippen MR) is 90.4 cm³/mol. The van der Waals surface area contributed by atoms with Crippen LogP contribution in [0.5, 0.6) is 0 Å². The third-order valence-corrected chi connectivity index (χ3v) is 4.99. The second-order valence-corrected chi connectivity index (χ2v) is 7.42. The number of guanidine groups is 1. The van der Waals surface area contributed by atoms with E-state index in [4.69, 9.17) is 10.5 Å². The summed E-state index contributed by atoms with van der Waals surface area (Å²) >= 11 is 0. The Bertz CT molecular complexity index is 623. The largest absolute Gasteiger partial charge is 0.376 e. The molecule has 0 radical (unpaired) electrons. The summed E-state index contributed by atoms with van der Waals surface area (Å²) in [4.78, 5) is 4.27. The van der Waals surface area contributed by atoms with Gasteiger partial charge in [0, 0.05) is 13.2 Å². The SMILES string of the molecule is CNS(=O)(=O)Cc1ccc(CN=C(N)NCC2CCCO2)cc1. The highest BCUT2D eigenvalue weighted by atomic mass is 32.2. The van der Waals surface area contributed by atoms with E-state index in [2.05, 4.69) is 15.0 Å². The van der Waals surface area contributed by atoms with Crippen molar-refractivity contribution in [3.8, 4) is 0 Å². The first-order valence-corrected chi connectivity index (χ1v) is 9.28. The van der Waals surface area contributed by atoms with Gasteiger partial charge in [-0.15, -0.1) is 0 Å². The summed E-state index contributed by atoms with van der Waals surface area (Å²) in [5.74, 6) is 0.361. The number of sulfonamides is 1. The smallest absolute Gasteiger partial charge is 0.215 e. The molecule has 1 unspecified atom stereocenters. The maximum atomic E-state index is 11.5. The molecule has 0 spiro atoms. The molecule has 0 aliphatic carbocycles. The molecular weight excluding hydrogens is 316 g/mol. The van der Waals surface area contributed by atoms with Gasteiger partial charge < -0.3 is 15.8 Å². The molecule has 2 rings (SSSR count). The summed E-state index contributed by atoms with van der Waals surface area (Å²) in [5, 5.41) is 3.06. The molecule has 0 bridgehead atoms. The summed E-state index contributed by atoms with van der Waals surface area (Å²) < 4.78 is 30.8. The number of nitrogens with zero attached hydrogens (tertiary/aromatic N) is 1. The number of hydrogen-bond donors (Lipinski definition) is 3. The fourth-order valence-corrected chi connectivity index (χ4v) is 3.06. The van der Waals surface area contributed by atoms with E-state index >= 15 is 0 Å². The predicted octanol–water partition coefficient (Wildman–Crippen LogP) is 0.319. The van der Waals surface area contributed by atoms with Crippen LogP contribution in [-0.2, 0) is 27.1 Å². The molecule has 7 nitrogen and oxygen atoms in total. The zero-order valence-corrected chi connectivity index (χ0v) is 14.1. The zero-order valence-electron chi connectivity index (χ0n) is 13.3. The monoisotopic (exact) mass is 340 g/mol. The van der Waals surface area contributed by atoms with Gasteiger partial charge in [-0.3, -0.25) is 0 Å². The standard InChI is InChI=1S/C15H24N4O3S/c1-17-23(20,21)11-13-6-4-12(5-7-13)9-18-15(16)19-10-14-3-2-8-22-14/h4-7,14,17H,2-3,8-11H2,1H3,(H3,16,18,19). The third kappa shape index (κ3) is 6.17. The second-order valence-electron chi connectivity index (χ2n) is 5.50. The van der Waals surface area contributed by atoms with Crippen LogP contribution in [0.1, 0.15) is 24.0 Å². The van der Waals surface area contributed by atoms with Crippen LogP contribution >= 0.6 is 0 Å². The van der Waals surface area contributed by atoms with Crippen LogP contribution in [0.25, 0.3) is 0 Å². The quantitative estimate of drug-likeness (QED) is 0.490. The molecule has 1 fully saturated rings. The van der Waals surface area contributed by atoms with Crippen LogP contribution in [0.2, 0.25) is 0 Å². The molecule has 0 amide bonds. The van der Waals surface area contributed by atoms with Gasteiger partial charge in [-0.05, 0) is 31.0 Å². The lowest BCUT2D eigenvalue weighted by molar-refractivity contribution is 0.114. The highest BCUT2D eigenvalue weighted by molar-refractivity contribution is 7.88. The van der Waals surface area contributed by atoms with Crippen molar-refractivity contribution in [3.05, 3.63) is 35.4 Å². The lowest BCUT2D eigenvalue weighted by atomic mass is 10.1. The highest BCUT2D eigenvalue weighted by Crippen LogP contribution is 2.10. The Labute approximate surface area is 137 Å². The van der Waals surface area contributed by atoms with Crippen LogP contribution in [0.4, 0.5) is 0 Å². The fourth-order valence-electron chi connectivity index (χ4n) is 2.29. The van der Waals surface area contributed by atoms with E-state index in [0.29, 0.717) is 19.0 Å². The molecule has 23 heavy (non-hydrogen) atoms. The average Bonchev–Trinajstić information content (AvgIpc) is 3.05. The van der Waals surface area contributed by atoms with Crippen LogP contribution in [0.3, 0.4) is 0 Å². The summed E-state index contributed by atoms with van der Waals surface area (Å²) in [7, 11) is -1.84. The van der Waals surface area contributed by atoms with Crippen LogP contribution in [0, 0.1) is 0 Å². The molecule has 1 aliphatic heterocycles. The number of nitrogens with two attached hydrogens (primary N) is 1. The van der Waals surface area contributed by atoms with E-state index in [-0.39, 0.29) is 11.9 Å². The molecular formula is C15H24N4O3S. The number of hydrogen-bond acceptors (Lipinski definition) is 4. The number of ether oxygens (including phenoxy) is 1. The Morgan fingerprint density at radius 2 is 2.04 bits per heavy atom. The Balaban J connectivity index is 1.81. The summed E-state index contributed by atoms with van der Waals surface area (Å²) in [6, 6.07) is 7.29. The Morgan fingerprint density at radius 1 is 1.35 bits per heavy atom. The molecule has 0 saturated carbocycles. The minimum Gasteiger partial charge on any atom is -0.376 e. The first-order chi connectivity index (χ1) is 11.0. The van der Waals surface area contributed by atoms with Gasteiger partial charge in [0.15, 0.2) is 5.96 Å². The molecule has 1 aromatic rings. The molecule has 1 heterocycles. The fraction of sp³-hybridized carbons (Fsp3) is 0.533. The third-order valence-electron chi connectivity index (χ3n) is 3.66. The van der Waals surface area contributed by atoms with E-state index in [9.17, 15) is 8.42 Å². The van der Waals surface area contributed by atoms with Crippen molar-refractivity contribution in [2.45, 2.75) is 31.2 Å². The number of benzene rings is 1. The normalized spacial score (nSPS) is 19.0. The van der Waals surface area contributed by atoms with Gasteiger partial charge in [0.1, 0.15) is 0 Å². The van der Waals surface area contributed by atoms with Crippen molar-refractivity contribution in [3.63, 3.8) is 0 Å². The molecule has 8 heteroatoms. The van der Waals surface area contributed by atoms with E-state index in [1.807, 2.05) is 12.1 Å². The minimum atomic E-state index is -3.25. The van der Waals surface area contributed by atoms with E-state index in [1.54, 1.807) is 12.1 Å². The molecule has 0 aromatic heterocycles. The molecule has 1 aliphatic rings. The van der Waals surface area contributed by atoms with E-state index in [0.717, 1.165) is 30.6 Å². The average molecular weight is 340 g/mol. The topological polar surface area (TPSA) is 106 Å². The summed E-state index contributed by atoms with van der Waals surface area (Å²) in [6.07, 6.45) is 2.37. The molecule has 1 saturated heterocycles. The highest BCUT2D eigenvalue weighted by Gasteiger charge is 2.14. The van der Waals surface area contributed by atoms with Gasteiger partial charge in [-0.1, -0.05) is 24.3 Å². The molecule has 128 valence electrons. The van der Waals surface area contributed by atoms with Crippen molar-refractivity contribution in [1.29, 1.82) is 0 Å². The van der Waals surface area contributed by atoms with Gasteiger partial charge >= 0.3 is 0 Å². The van der Waals surface area contributed by atoms with Gasteiger partial charge in [0.05, 0.1) is 18.4 Å². The van der Waals surface area contributed by atoms with Crippen molar-refractivity contribution < 1.29 is 13.2 Å². The van der Waals surface area contributed by atoms with Crippen LogP contribution in [-0.4, -0.2) is 40.7 Å². The van der Waals surface area contributed by atoms with Crippen molar-refractivity contribution in [1.82, 2.24) is 10.0 Å². The summed E-state index contributed by atoms with van der Waals surface area (Å²) in [5.41, 5.74) is 7.53. The maximum Gasteiger partial charge on any atom is 0.215 e. The van der Waals surface area contributed by atoms with Crippen LogP contribution < -0.4 is 15.8 Å². The number of aliphatic imine (C=N–C) groups is 1. The van der Waals surface area contributed by atoms with Gasteiger partial charge in [0.2, 0.25) is 10.0 Å². The van der Waals surface area contributed by atoms with E-state index in [1.165, 1.54) is 7.05 Å². The lowest BCUT2D eigenvalue weighted by Crippen LogP contribution is -2.37. The number of rotatable bonds is 7. The first-order valence-electron chi connectivity index (χ1n) is 7.63. The second kappa shape index (κ2) is 8.28. The van der Waals surface area contributed by atoms with Gasteiger partial charge in [-0.25, -0.2) is 18.1 Å². The zero-order chi connectivity index (χ0) is 16.7. The Hall–Kier alpha value is -1.64. The van der Waals surface area contributed by atoms with Crippen molar-refractivity contribution in [2.24, 2.45) is 10.7 Å². The van der Waals surface area contributed by atoms with Gasteiger partial charge in [-0.2, -0.15) is 0 Å². The molecule has 1 aromatic carbocycles. The Kier molecular flexibility index (Phi) is 6.37. The van der Waals surface area contributed by atoms with Crippen molar-refractivity contribution in [2.75, 3.05) is 20.2 Å². The number of nitrogens with one attached hydrogen (secondary N) is 2. The minimum absolute atomic E-state index is 0.0296. The molecule has 4 N–H and O–H groups in total. The molecule has 1 atom stereocenters. The lowest BCUT2D eigenvalue weighted by Gasteiger charge is -2.11. The van der Waals surface area contributed by atoms with Crippen molar-refractivity contribution >= 4 is 16.0 Å². The Morgan fingerprint density at radius 3 is 2.65 bits per heavy atom. The van der Waals surface area contributed by atoms with Gasteiger partial charge in [0.25, 0.3) is 0 Å².